The van der Waals surface area contributed by atoms with Gasteiger partial charge in [0.15, 0.2) is 0 Å². The Morgan fingerprint density at radius 2 is 2.21 bits per heavy atom. The Balaban J connectivity index is 1.95. The van der Waals surface area contributed by atoms with Gasteiger partial charge in [0.05, 0.1) is 12.2 Å². The van der Waals surface area contributed by atoms with E-state index in [1.54, 1.807) is 11.1 Å². The molecule has 1 aromatic heterocycles. The van der Waals surface area contributed by atoms with Crippen LogP contribution in [0.2, 0.25) is 5.15 Å². The van der Waals surface area contributed by atoms with E-state index in [4.69, 9.17) is 21.1 Å². The van der Waals surface area contributed by atoms with E-state index in [2.05, 4.69) is 11.9 Å². The van der Waals surface area contributed by atoms with Crippen LogP contribution in [0.4, 0.5) is 4.79 Å². The summed E-state index contributed by atoms with van der Waals surface area (Å²) < 4.78 is 11.3. The van der Waals surface area contributed by atoms with Gasteiger partial charge in [-0.15, -0.1) is 0 Å². The molecule has 0 aromatic carbocycles. The Kier molecular flexibility index (Phi) is 6.33. The fourth-order valence-corrected chi connectivity index (χ4v) is 2.96. The van der Waals surface area contributed by atoms with Crippen LogP contribution < -0.4 is 4.74 Å². The van der Waals surface area contributed by atoms with Crippen LogP contribution in [0.25, 0.3) is 0 Å². The zero-order valence-electron chi connectivity index (χ0n) is 15.0. The third-order valence-electron chi connectivity index (χ3n) is 3.85. The zero-order valence-corrected chi connectivity index (χ0v) is 15.7. The first-order valence-electron chi connectivity index (χ1n) is 8.57. The van der Waals surface area contributed by atoms with Crippen LogP contribution in [0.5, 0.6) is 5.75 Å². The predicted molar refractivity (Wildman–Crippen MR) is 94.7 cm³/mol. The van der Waals surface area contributed by atoms with Gasteiger partial charge in [-0.25, -0.2) is 9.78 Å². The fourth-order valence-electron chi connectivity index (χ4n) is 2.76. The highest BCUT2D eigenvalue weighted by Gasteiger charge is 2.32. The van der Waals surface area contributed by atoms with Crippen molar-refractivity contribution >= 4 is 17.7 Å². The van der Waals surface area contributed by atoms with Crippen molar-refractivity contribution in [3.05, 3.63) is 23.0 Å². The van der Waals surface area contributed by atoms with Gasteiger partial charge in [-0.1, -0.05) is 24.9 Å². The largest absolute Gasteiger partial charge is 0.490 e. The highest BCUT2D eigenvalue weighted by Crippen LogP contribution is 2.24. The SMILES string of the molecule is CCCc1cc(OC[C@@H]2CCCN2C(=O)OC(C)(C)C)cnc1Cl. The van der Waals surface area contributed by atoms with Gasteiger partial charge in [0.25, 0.3) is 0 Å². The summed E-state index contributed by atoms with van der Waals surface area (Å²) in [5, 5.41) is 0.528. The summed E-state index contributed by atoms with van der Waals surface area (Å²) in [7, 11) is 0. The maximum absolute atomic E-state index is 12.3. The number of likely N-dealkylation sites (tertiary alicyclic amines) is 1. The van der Waals surface area contributed by atoms with Gasteiger partial charge < -0.3 is 14.4 Å². The third kappa shape index (κ3) is 5.26. The molecular weight excluding hydrogens is 328 g/mol. The van der Waals surface area contributed by atoms with Gasteiger partial charge in [-0.3, -0.25) is 0 Å². The maximum atomic E-state index is 12.3. The summed E-state index contributed by atoms with van der Waals surface area (Å²) in [6, 6.07) is 1.97. The molecule has 1 fully saturated rings. The fraction of sp³-hybridized carbons (Fsp3) is 0.667. The lowest BCUT2D eigenvalue weighted by molar-refractivity contribution is 0.0187. The van der Waals surface area contributed by atoms with Crippen molar-refractivity contribution in [1.29, 1.82) is 0 Å². The minimum absolute atomic E-state index is 0.0325. The van der Waals surface area contributed by atoms with Crippen LogP contribution in [-0.2, 0) is 11.2 Å². The highest BCUT2D eigenvalue weighted by atomic mass is 35.5. The number of amides is 1. The standard InChI is InChI=1S/C18H27ClN2O3/c1-5-7-13-10-15(11-20-16(13)19)23-12-14-8-6-9-21(14)17(22)24-18(2,3)4/h10-11,14H,5-9,12H2,1-4H3/t14-/m0/s1. The van der Waals surface area contributed by atoms with E-state index < -0.39 is 5.60 Å². The number of aryl methyl sites for hydroxylation is 1. The third-order valence-corrected chi connectivity index (χ3v) is 4.19. The number of halogens is 1. The quantitative estimate of drug-likeness (QED) is 0.732. The first kappa shape index (κ1) is 18.8. The number of hydrogen-bond acceptors (Lipinski definition) is 4. The van der Waals surface area contributed by atoms with E-state index in [1.807, 2.05) is 26.8 Å². The number of nitrogens with zero attached hydrogens (tertiary/aromatic N) is 2. The van der Waals surface area contributed by atoms with Gasteiger partial charge in [-0.05, 0) is 51.7 Å². The minimum Gasteiger partial charge on any atom is -0.490 e. The van der Waals surface area contributed by atoms with Crippen LogP contribution in [0.15, 0.2) is 12.3 Å². The maximum Gasteiger partial charge on any atom is 0.410 e. The summed E-state index contributed by atoms with van der Waals surface area (Å²) in [6.07, 6.45) is 5.12. The van der Waals surface area contributed by atoms with Gasteiger partial charge in [-0.2, -0.15) is 0 Å². The number of rotatable bonds is 5. The molecule has 1 aliphatic rings. The van der Waals surface area contributed by atoms with Crippen LogP contribution >= 0.6 is 11.6 Å². The second kappa shape index (κ2) is 8.06. The molecule has 24 heavy (non-hydrogen) atoms. The van der Waals surface area contributed by atoms with Crippen molar-refractivity contribution in [2.24, 2.45) is 0 Å². The Morgan fingerprint density at radius 1 is 1.46 bits per heavy atom. The number of carbonyl (C=O) groups excluding carboxylic acids is 1. The molecule has 0 aliphatic carbocycles. The normalized spacial score (nSPS) is 17.9. The van der Waals surface area contributed by atoms with Gasteiger partial charge in [0, 0.05) is 6.54 Å². The summed E-state index contributed by atoms with van der Waals surface area (Å²) in [5.74, 6) is 0.693. The number of pyridine rings is 1. The van der Waals surface area contributed by atoms with Crippen molar-refractivity contribution in [3.63, 3.8) is 0 Å². The molecule has 1 saturated heterocycles. The molecular formula is C18H27ClN2O3. The Morgan fingerprint density at radius 3 is 2.88 bits per heavy atom. The first-order valence-corrected chi connectivity index (χ1v) is 8.95. The smallest absolute Gasteiger partial charge is 0.410 e. The summed E-state index contributed by atoms with van der Waals surface area (Å²) >= 11 is 6.09. The number of ether oxygens (including phenoxy) is 2. The van der Waals surface area contributed by atoms with E-state index >= 15 is 0 Å². The Labute approximate surface area is 149 Å². The molecule has 6 heteroatoms. The van der Waals surface area contributed by atoms with Crippen LogP contribution in [-0.4, -0.2) is 40.8 Å². The summed E-state index contributed by atoms with van der Waals surface area (Å²) in [4.78, 5) is 18.2. The van der Waals surface area contributed by atoms with Crippen LogP contribution in [0.1, 0.15) is 52.5 Å². The molecule has 1 aliphatic heterocycles. The molecule has 0 unspecified atom stereocenters. The van der Waals surface area contributed by atoms with Gasteiger partial charge in [0.1, 0.15) is 23.1 Å². The topological polar surface area (TPSA) is 51.7 Å². The average molecular weight is 355 g/mol. The molecule has 0 spiro atoms. The number of carbonyl (C=O) groups is 1. The van der Waals surface area contributed by atoms with Crippen LogP contribution in [0.3, 0.4) is 0 Å². The van der Waals surface area contributed by atoms with Crippen molar-refractivity contribution < 1.29 is 14.3 Å². The number of aromatic nitrogens is 1. The zero-order chi connectivity index (χ0) is 17.7. The monoisotopic (exact) mass is 354 g/mol. The van der Waals surface area contributed by atoms with Crippen molar-refractivity contribution in [2.75, 3.05) is 13.2 Å². The molecule has 0 N–H and O–H groups in total. The predicted octanol–water partition coefficient (Wildman–Crippen LogP) is 4.47. The summed E-state index contributed by atoms with van der Waals surface area (Å²) in [5.41, 5.74) is 0.507. The Bertz CT molecular complexity index is 572. The van der Waals surface area contributed by atoms with E-state index in [1.165, 1.54) is 0 Å². The van der Waals surface area contributed by atoms with E-state index in [9.17, 15) is 4.79 Å². The average Bonchev–Trinajstić information content (AvgIpc) is 2.95. The second-order valence-electron chi connectivity index (χ2n) is 7.15. The van der Waals surface area contributed by atoms with Crippen molar-refractivity contribution in [1.82, 2.24) is 9.88 Å². The second-order valence-corrected chi connectivity index (χ2v) is 7.51. The van der Waals surface area contributed by atoms with Gasteiger partial charge >= 0.3 is 6.09 Å². The Hall–Kier alpha value is -1.49. The first-order chi connectivity index (χ1) is 11.3. The molecule has 1 aromatic rings. The van der Waals surface area contributed by atoms with Crippen molar-refractivity contribution in [3.8, 4) is 5.75 Å². The van der Waals surface area contributed by atoms with E-state index in [0.717, 1.165) is 31.2 Å². The van der Waals surface area contributed by atoms with E-state index in [-0.39, 0.29) is 12.1 Å². The molecule has 5 nitrogen and oxygen atoms in total. The highest BCUT2D eigenvalue weighted by molar-refractivity contribution is 6.30. The molecule has 134 valence electrons. The lowest BCUT2D eigenvalue weighted by Gasteiger charge is -2.28. The summed E-state index contributed by atoms with van der Waals surface area (Å²) in [6.45, 7) is 8.88. The molecule has 2 rings (SSSR count). The van der Waals surface area contributed by atoms with E-state index in [0.29, 0.717) is 24.1 Å². The molecule has 0 saturated carbocycles. The minimum atomic E-state index is -0.486. The van der Waals surface area contributed by atoms with Crippen LogP contribution in [0, 0.1) is 0 Å². The lowest BCUT2D eigenvalue weighted by atomic mass is 10.2. The number of hydrogen-bond donors (Lipinski definition) is 0. The van der Waals surface area contributed by atoms with Gasteiger partial charge in [0.2, 0.25) is 0 Å². The lowest BCUT2D eigenvalue weighted by Crippen LogP contribution is -2.42. The molecule has 0 radical (unpaired) electrons. The molecule has 1 atom stereocenters. The molecule has 2 heterocycles. The molecule has 0 bridgehead atoms. The molecule has 1 amide bonds. The van der Waals surface area contributed by atoms with Crippen molar-refractivity contribution in [2.45, 2.75) is 65.0 Å².